The molecule has 0 amide bonds. The Kier molecular flexibility index (Phi) is 8.18. The molecule has 3 aromatic rings. The van der Waals surface area contributed by atoms with E-state index >= 15 is 0 Å². The predicted octanol–water partition coefficient (Wildman–Crippen LogP) is 9.37. The van der Waals surface area contributed by atoms with Gasteiger partial charge in [0.15, 0.2) is 6.61 Å². The molecule has 0 unspecified atom stereocenters. The summed E-state index contributed by atoms with van der Waals surface area (Å²) in [4.78, 5) is 12.0. The maximum Gasteiger partial charge on any atom is 0.422 e. The second-order valence-electron chi connectivity index (χ2n) is 10.8. The van der Waals surface area contributed by atoms with E-state index in [1.807, 2.05) is 57.2 Å². The fourth-order valence-electron chi connectivity index (χ4n) is 4.17. The number of alkyl halides is 3. The third-order valence-corrected chi connectivity index (χ3v) is 8.56. The van der Waals surface area contributed by atoms with Crippen molar-refractivity contribution in [3.63, 3.8) is 0 Å². The van der Waals surface area contributed by atoms with E-state index < -0.39 is 24.2 Å². The van der Waals surface area contributed by atoms with Crippen molar-refractivity contribution in [3.8, 4) is 16.9 Å². The van der Waals surface area contributed by atoms with Crippen molar-refractivity contribution in [2.24, 2.45) is 0 Å². The van der Waals surface area contributed by atoms with E-state index in [0.29, 0.717) is 11.1 Å². The zero-order chi connectivity index (χ0) is 27.8. The monoisotopic (exact) mass is 532 g/mol. The fourth-order valence-corrected chi connectivity index (χ4v) is 5.23. The summed E-state index contributed by atoms with van der Waals surface area (Å²) in [6, 6.07) is 11.6. The molecule has 1 N–H and O–H groups in total. The SMILES string of the molecule is CCC(C)(C)c1cc(-c2cccc3sc(/C(C)=C/C(=O)O)cc23)c(OCC(F)(F)F)c(C(C)(C)CC)c1. The largest absolute Gasteiger partial charge is 0.483 e. The van der Waals surface area contributed by atoms with Crippen LogP contribution in [-0.4, -0.2) is 23.9 Å². The minimum Gasteiger partial charge on any atom is -0.483 e. The Morgan fingerprint density at radius 2 is 1.65 bits per heavy atom. The molecule has 0 spiro atoms. The highest BCUT2D eigenvalue weighted by Crippen LogP contribution is 2.47. The number of carboxylic acid groups (broad SMARTS) is 1. The van der Waals surface area contributed by atoms with E-state index in [0.717, 1.165) is 50.6 Å². The fraction of sp³-hybridized carbons (Fsp3) is 0.433. The maximum absolute atomic E-state index is 13.4. The summed E-state index contributed by atoms with van der Waals surface area (Å²) >= 11 is 1.46. The van der Waals surface area contributed by atoms with Gasteiger partial charge in [0.2, 0.25) is 0 Å². The number of aliphatic carboxylic acids is 1. The summed E-state index contributed by atoms with van der Waals surface area (Å²) in [5.41, 5.74) is 3.16. The predicted molar refractivity (Wildman–Crippen MR) is 147 cm³/mol. The van der Waals surface area contributed by atoms with Crippen LogP contribution in [0.15, 0.2) is 42.5 Å². The first-order chi connectivity index (χ1) is 17.1. The third-order valence-electron chi connectivity index (χ3n) is 7.33. The average molecular weight is 533 g/mol. The van der Waals surface area contributed by atoms with Gasteiger partial charge in [-0.1, -0.05) is 59.7 Å². The Bertz CT molecular complexity index is 1330. The van der Waals surface area contributed by atoms with E-state index in [4.69, 9.17) is 4.74 Å². The summed E-state index contributed by atoms with van der Waals surface area (Å²) in [5, 5.41) is 10.0. The molecule has 0 aliphatic heterocycles. The average Bonchev–Trinajstić information content (AvgIpc) is 3.26. The molecule has 3 nitrogen and oxygen atoms in total. The lowest BCUT2D eigenvalue weighted by atomic mass is 9.74. The molecule has 37 heavy (non-hydrogen) atoms. The van der Waals surface area contributed by atoms with Gasteiger partial charge in [-0.2, -0.15) is 13.2 Å². The van der Waals surface area contributed by atoms with Gasteiger partial charge in [0.05, 0.1) is 0 Å². The summed E-state index contributed by atoms with van der Waals surface area (Å²) in [7, 11) is 0. The van der Waals surface area contributed by atoms with Crippen LogP contribution in [-0.2, 0) is 15.6 Å². The van der Waals surface area contributed by atoms with Gasteiger partial charge in [0.1, 0.15) is 5.75 Å². The molecule has 2 aromatic carbocycles. The number of rotatable bonds is 9. The maximum atomic E-state index is 13.4. The van der Waals surface area contributed by atoms with Crippen molar-refractivity contribution >= 4 is 33.0 Å². The van der Waals surface area contributed by atoms with Crippen LogP contribution in [0.4, 0.5) is 13.2 Å². The van der Waals surface area contributed by atoms with Crippen LogP contribution in [0.5, 0.6) is 5.75 Å². The van der Waals surface area contributed by atoms with Crippen LogP contribution in [0.1, 0.15) is 77.3 Å². The minimum absolute atomic E-state index is 0.204. The number of carbonyl (C=O) groups is 1. The Morgan fingerprint density at radius 3 is 2.22 bits per heavy atom. The number of carboxylic acids is 1. The second kappa shape index (κ2) is 10.5. The Hall–Kier alpha value is -2.80. The highest BCUT2D eigenvalue weighted by atomic mass is 32.1. The molecule has 0 aliphatic carbocycles. The van der Waals surface area contributed by atoms with Gasteiger partial charge in [-0.15, -0.1) is 11.3 Å². The Labute approximate surface area is 221 Å². The molecule has 1 heterocycles. The van der Waals surface area contributed by atoms with E-state index in [9.17, 15) is 23.1 Å². The lowest BCUT2D eigenvalue weighted by Gasteiger charge is -2.32. The topological polar surface area (TPSA) is 46.5 Å². The highest BCUT2D eigenvalue weighted by Gasteiger charge is 2.33. The first-order valence-electron chi connectivity index (χ1n) is 12.4. The van der Waals surface area contributed by atoms with Crippen molar-refractivity contribution in [2.75, 3.05) is 6.61 Å². The van der Waals surface area contributed by atoms with E-state index in [2.05, 4.69) is 20.8 Å². The van der Waals surface area contributed by atoms with E-state index in [-0.39, 0.29) is 11.2 Å². The van der Waals surface area contributed by atoms with Gasteiger partial charge >= 0.3 is 12.1 Å². The van der Waals surface area contributed by atoms with Gasteiger partial charge in [0.25, 0.3) is 0 Å². The van der Waals surface area contributed by atoms with Crippen molar-refractivity contribution in [3.05, 3.63) is 58.5 Å². The van der Waals surface area contributed by atoms with Crippen molar-refractivity contribution in [1.29, 1.82) is 0 Å². The molecular weight excluding hydrogens is 497 g/mol. The van der Waals surface area contributed by atoms with Crippen LogP contribution in [0.25, 0.3) is 26.8 Å². The van der Waals surface area contributed by atoms with Crippen LogP contribution >= 0.6 is 11.3 Å². The lowest BCUT2D eigenvalue weighted by molar-refractivity contribution is -0.153. The molecule has 0 saturated carbocycles. The normalized spacial score (nSPS) is 13.3. The second-order valence-corrected chi connectivity index (χ2v) is 11.9. The molecular formula is C30H35F3O3S. The van der Waals surface area contributed by atoms with E-state index in [1.165, 1.54) is 11.3 Å². The molecule has 1 aromatic heterocycles. The molecule has 0 saturated heterocycles. The van der Waals surface area contributed by atoms with Crippen molar-refractivity contribution < 1.29 is 27.8 Å². The quantitative estimate of drug-likeness (QED) is 0.279. The van der Waals surface area contributed by atoms with Crippen LogP contribution in [0, 0.1) is 0 Å². The molecule has 7 heteroatoms. The Morgan fingerprint density at radius 1 is 1.00 bits per heavy atom. The van der Waals surface area contributed by atoms with Gasteiger partial charge < -0.3 is 9.84 Å². The standard InChI is InChI=1S/C30H35F3O3S/c1-8-28(4,5)19-14-22(27(36-17-30(31,32)33)23(15-19)29(6,7)9-2)20-11-10-12-24-21(20)16-25(37-24)18(3)13-26(34)35/h10-16H,8-9,17H2,1-7H3,(H,34,35)/b18-13+. The van der Waals surface area contributed by atoms with Crippen LogP contribution < -0.4 is 4.74 Å². The molecule has 0 aliphatic rings. The summed E-state index contributed by atoms with van der Waals surface area (Å²) in [5.74, 6) is -0.781. The summed E-state index contributed by atoms with van der Waals surface area (Å²) in [6.07, 6.45) is -1.74. The number of allylic oxidation sites excluding steroid dienone is 1. The number of thiophene rings is 1. The first kappa shape index (κ1) is 28.8. The zero-order valence-corrected chi connectivity index (χ0v) is 23.3. The van der Waals surface area contributed by atoms with Crippen LogP contribution in [0.3, 0.4) is 0 Å². The van der Waals surface area contributed by atoms with E-state index in [1.54, 1.807) is 6.92 Å². The van der Waals surface area contributed by atoms with Gasteiger partial charge in [-0.3, -0.25) is 0 Å². The number of hydrogen-bond acceptors (Lipinski definition) is 3. The molecule has 0 bridgehead atoms. The van der Waals surface area contributed by atoms with Gasteiger partial charge in [0, 0.05) is 32.2 Å². The highest BCUT2D eigenvalue weighted by molar-refractivity contribution is 7.20. The van der Waals surface area contributed by atoms with Gasteiger partial charge in [-0.25, -0.2) is 4.79 Å². The lowest BCUT2D eigenvalue weighted by Crippen LogP contribution is -2.25. The van der Waals surface area contributed by atoms with Gasteiger partial charge in [-0.05, 0) is 65.5 Å². The minimum atomic E-state index is -4.48. The Balaban J connectivity index is 2.41. The number of halogens is 3. The first-order valence-corrected chi connectivity index (χ1v) is 13.2. The molecule has 0 radical (unpaired) electrons. The number of ether oxygens (including phenoxy) is 1. The molecule has 0 atom stereocenters. The number of fused-ring (bicyclic) bond motifs is 1. The third kappa shape index (κ3) is 6.38. The number of hydrogen-bond donors (Lipinski definition) is 1. The van der Waals surface area contributed by atoms with Crippen molar-refractivity contribution in [1.82, 2.24) is 0 Å². The smallest absolute Gasteiger partial charge is 0.422 e. The summed E-state index contributed by atoms with van der Waals surface area (Å²) < 4.78 is 46.7. The zero-order valence-electron chi connectivity index (χ0n) is 22.5. The summed E-state index contributed by atoms with van der Waals surface area (Å²) in [6.45, 7) is 12.8. The van der Waals surface area contributed by atoms with Crippen LogP contribution in [0.2, 0.25) is 0 Å². The molecule has 3 rings (SSSR count). The number of benzene rings is 2. The van der Waals surface area contributed by atoms with Crippen molar-refractivity contribution in [2.45, 2.75) is 78.3 Å². The molecule has 0 fully saturated rings. The molecule has 200 valence electrons.